The second kappa shape index (κ2) is 5.30. The maximum atomic E-state index is 11.9. The molecule has 0 aromatic heterocycles. The molecule has 0 heterocycles. The van der Waals surface area contributed by atoms with Crippen LogP contribution in [0.3, 0.4) is 0 Å². The maximum absolute atomic E-state index is 11.9. The van der Waals surface area contributed by atoms with Gasteiger partial charge in [0.15, 0.2) is 6.21 Å². The molecule has 19 heavy (non-hydrogen) atoms. The summed E-state index contributed by atoms with van der Waals surface area (Å²) in [6, 6.07) is 13.2. The highest BCUT2D eigenvalue weighted by molar-refractivity contribution is 5.79. The minimum absolute atomic E-state index is 0.0202. The van der Waals surface area contributed by atoms with E-state index in [2.05, 4.69) is 0 Å². The van der Waals surface area contributed by atoms with Gasteiger partial charge in [-0.15, -0.1) is 0 Å². The molecule has 5 heteroatoms. The highest BCUT2D eigenvalue weighted by atomic mass is 16.6. The van der Waals surface area contributed by atoms with Crippen molar-refractivity contribution in [2.24, 2.45) is 0 Å². The van der Waals surface area contributed by atoms with Crippen LogP contribution >= 0.6 is 0 Å². The fraction of sp³-hybridized carbons (Fsp3) is 0.0714. The van der Waals surface area contributed by atoms with Crippen molar-refractivity contribution in [3.8, 4) is 0 Å². The van der Waals surface area contributed by atoms with Gasteiger partial charge in [-0.05, 0) is 18.6 Å². The molecule has 0 aliphatic carbocycles. The first-order chi connectivity index (χ1) is 9.08. The quantitative estimate of drug-likeness (QED) is 0.278. The zero-order valence-corrected chi connectivity index (χ0v) is 10.3. The number of rotatable bonds is 3. The maximum Gasteiger partial charge on any atom is 0.269 e. The number of hydrogen-bond donors (Lipinski definition) is 0. The molecular formula is C14H12N2O3. The van der Waals surface area contributed by atoms with Crippen LogP contribution in [-0.2, 0) is 0 Å². The molecule has 2 rings (SSSR count). The van der Waals surface area contributed by atoms with Gasteiger partial charge in [0.25, 0.3) is 5.69 Å². The topological polar surface area (TPSA) is 69.2 Å². The van der Waals surface area contributed by atoms with Gasteiger partial charge in [-0.3, -0.25) is 10.1 Å². The molecule has 0 fully saturated rings. The molecule has 0 saturated carbocycles. The van der Waals surface area contributed by atoms with Crippen LogP contribution in [0.4, 0.5) is 11.4 Å². The van der Waals surface area contributed by atoms with Gasteiger partial charge in [0.1, 0.15) is 0 Å². The summed E-state index contributed by atoms with van der Waals surface area (Å²) in [5.41, 5.74) is 1.88. The second-order valence-electron chi connectivity index (χ2n) is 4.09. The Balaban J connectivity index is 2.36. The molecule has 0 unspecified atom stereocenters. The van der Waals surface area contributed by atoms with Crippen molar-refractivity contribution in [1.29, 1.82) is 0 Å². The van der Waals surface area contributed by atoms with Gasteiger partial charge in [0, 0.05) is 29.8 Å². The molecule has 0 amide bonds. The lowest BCUT2D eigenvalue weighted by Gasteiger charge is -2.04. The summed E-state index contributed by atoms with van der Waals surface area (Å²) in [5, 5.41) is 22.5. The largest absolute Gasteiger partial charge is 0.618 e. The number of para-hydroxylation sites is 1. The van der Waals surface area contributed by atoms with Gasteiger partial charge in [0.05, 0.1) is 4.92 Å². The average molecular weight is 256 g/mol. The molecule has 0 N–H and O–H groups in total. The van der Waals surface area contributed by atoms with Crippen LogP contribution in [0, 0.1) is 22.2 Å². The Bertz CT molecular complexity index is 636. The van der Waals surface area contributed by atoms with E-state index >= 15 is 0 Å². The lowest BCUT2D eigenvalue weighted by molar-refractivity contribution is -0.384. The predicted molar refractivity (Wildman–Crippen MR) is 72.7 cm³/mol. The highest BCUT2D eigenvalue weighted by Gasteiger charge is 2.09. The van der Waals surface area contributed by atoms with Crippen molar-refractivity contribution in [1.82, 2.24) is 0 Å². The minimum atomic E-state index is -0.455. The van der Waals surface area contributed by atoms with E-state index in [1.54, 1.807) is 37.3 Å². The van der Waals surface area contributed by atoms with E-state index in [4.69, 9.17) is 0 Å². The Hall–Kier alpha value is -2.69. The van der Waals surface area contributed by atoms with Crippen molar-refractivity contribution < 1.29 is 9.66 Å². The van der Waals surface area contributed by atoms with Crippen molar-refractivity contribution in [2.75, 3.05) is 0 Å². The molecule has 0 radical (unpaired) electrons. The Morgan fingerprint density at radius 3 is 2.26 bits per heavy atom. The van der Waals surface area contributed by atoms with Crippen LogP contribution in [0.15, 0.2) is 48.5 Å². The number of non-ortho nitro benzene ring substituents is 1. The number of nitro benzene ring substituents is 1. The van der Waals surface area contributed by atoms with Crippen LogP contribution in [0.25, 0.3) is 0 Å². The number of nitro groups is 1. The number of aryl methyl sites for hydroxylation is 1. The fourth-order valence-electron chi connectivity index (χ4n) is 1.69. The van der Waals surface area contributed by atoms with Crippen LogP contribution < -0.4 is 0 Å². The fourth-order valence-corrected chi connectivity index (χ4v) is 1.69. The standard InChI is InChI=1S/C14H12N2O3/c1-11-9-14(16(18)19)8-7-12(11)10-15(17)13-5-3-2-4-6-13/h2-10H,1H3. The van der Waals surface area contributed by atoms with E-state index in [1.807, 2.05) is 6.07 Å². The van der Waals surface area contributed by atoms with Gasteiger partial charge in [0.2, 0.25) is 5.69 Å². The molecule has 0 atom stereocenters. The Morgan fingerprint density at radius 2 is 1.68 bits per heavy atom. The Morgan fingerprint density at radius 1 is 1.00 bits per heavy atom. The summed E-state index contributed by atoms with van der Waals surface area (Å²) in [7, 11) is 0. The molecule has 5 nitrogen and oxygen atoms in total. The average Bonchev–Trinajstić information content (AvgIpc) is 2.41. The van der Waals surface area contributed by atoms with Crippen molar-refractivity contribution in [2.45, 2.75) is 6.92 Å². The first kappa shape index (κ1) is 12.8. The summed E-state index contributed by atoms with van der Waals surface area (Å²) in [4.78, 5) is 10.2. The van der Waals surface area contributed by atoms with Gasteiger partial charge in [-0.2, -0.15) is 4.74 Å². The summed E-state index contributed by atoms with van der Waals surface area (Å²) >= 11 is 0. The smallest absolute Gasteiger partial charge is 0.269 e. The van der Waals surface area contributed by atoms with E-state index in [0.29, 0.717) is 16.8 Å². The van der Waals surface area contributed by atoms with Gasteiger partial charge in [-0.1, -0.05) is 18.2 Å². The van der Waals surface area contributed by atoms with Crippen molar-refractivity contribution >= 4 is 17.6 Å². The second-order valence-corrected chi connectivity index (χ2v) is 4.09. The number of benzene rings is 2. The van der Waals surface area contributed by atoms with Crippen LogP contribution in [0.2, 0.25) is 0 Å². The highest BCUT2D eigenvalue weighted by Crippen LogP contribution is 2.17. The SMILES string of the molecule is Cc1cc([N+](=O)[O-])ccc1C=[N+]([O-])c1ccccc1. The number of nitrogens with zero attached hydrogens (tertiary/aromatic N) is 2. The van der Waals surface area contributed by atoms with Crippen molar-refractivity contribution in [3.63, 3.8) is 0 Å². The molecule has 2 aromatic rings. The molecule has 0 spiro atoms. The molecule has 0 bridgehead atoms. The van der Waals surface area contributed by atoms with Gasteiger partial charge < -0.3 is 5.21 Å². The summed E-state index contributed by atoms with van der Waals surface area (Å²) in [5.74, 6) is 0. The molecule has 2 aromatic carbocycles. The van der Waals surface area contributed by atoms with E-state index in [0.717, 1.165) is 4.74 Å². The monoisotopic (exact) mass is 256 g/mol. The predicted octanol–water partition coefficient (Wildman–Crippen LogP) is 3.16. The number of hydrogen-bond acceptors (Lipinski definition) is 3. The molecule has 96 valence electrons. The lowest BCUT2D eigenvalue weighted by atomic mass is 10.1. The normalized spacial score (nSPS) is 11.3. The van der Waals surface area contributed by atoms with Crippen LogP contribution in [0.5, 0.6) is 0 Å². The van der Waals surface area contributed by atoms with E-state index < -0.39 is 4.92 Å². The summed E-state index contributed by atoms with van der Waals surface area (Å²) in [6.45, 7) is 1.73. The zero-order chi connectivity index (χ0) is 13.8. The van der Waals surface area contributed by atoms with Crippen LogP contribution in [0.1, 0.15) is 11.1 Å². The van der Waals surface area contributed by atoms with E-state index in [1.165, 1.54) is 18.3 Å². The van der Waals surface area contributed by atoms with Gasteiger partial charge in [-0.25, -0.2) is 0 Å². The zero-order valence-electron chi connectivity index (χ0n) is 10.3. The summed E-state index contributed by atoms with van der Waals surface area (Å²) in [6.07, 6.45) is 1.41. The third-order valence-corrected chi connectivity index (χ3v) is 2.73. The Kier molecular flexibility index (Phi) is 3.56. The van der Waals surface area contributed by atoms with Gasteiger partial charge >= 0.3 is 0 Å². The lowest BCUT2D eigenvalue weighted by Crippen LogP contribution is -2.01. The first-order valence-corrected chi connectivity index (χ1v) is 5.69. The van der Waals surface area contributed by atoms with Crippen LogP contribution in [-0.4, -0.2) is 15.9 Å². The third-order valence-electron chi connectivity index (χ3n) is 2.73. The molecule has 0 aliphatic rings. The van der Waals surface area contributed by atoms with Crippen molar-refractivity contribution in [3.05, 3.63) is 75.0 Å². The third kappa shape index (κ3) is 2.95. The molecule has 0 aliphatic heterocycles. The molecular weight excluding hydrogens is 244 g/mol. The van der Waals surface area contributed by atoms with E-state index in [-0.39, 0.29) is 5.69 Å². The molecule has 0 saturated heterocycles. The van der Waals surface area contributed by atoms with E-state index in [9.17, 15) is 15.3 Å². The first-order valence-electron chi connectivity index (χ1n) is 5.69. The minimum Gasteiger partial charge on any atom is -0.618 e. The summed E-state index contributed by atoms with van der Waals surface area (Å²) < 4.78 is 0.744. The Labute approximate surface area is 110 Å².